The summed E-state index contributed by atoms with van der Waals surface area (Å²) in [5.41, 5.74) is 1.45. The van der Waals surface area contributed by atoms with Crippen LogP contribution in [0.1, 0.15) is 6.42 Å². The van der Waals surface area contributed by atoms with Crippen LogP contribution in [0.4, 0.5) is 9.57 Å². The predicted octanol–water partition coefficient (Wildman–Crippen LogP) is 1.57. The van der Waals surface area contributed by atoms with Crippen LogP contribution in [-0.2, 0) is 15.0 Å². The first-order valence-corrected chi connectivity index (χ1v) is 7.21. The number of benzene rings is 1. The molecule has 1 fully saturated rings. The first-order chi connectivity index (χ1) is 8.97. The molecule has 2 heterocycles. The number of H-pyrrole nitrogens is 1. The van der Waals surface area contributed by atoms with Crippen LogP contribution in [0.3, 0.4) is 0 Å². The van der Waals surface area contributed by atoms with Gasteiger partial charge in [-0.3, -0.25) is 4.79 Å². The predicted molar refractivity (Wildman–Crippen MR) is 69.1 cm³/mol. The number of anilines is 1. The van der Waals surface area contributed by atoms with Gasteiger partial charge in [0.15, 0.2) is 0 Å². The van der Waals surface area contributed by atoms with Gasteiger partial charge in [0.1, 0.15) is 5.25 Å². The van der Waals surface area contributed by atoms with Crippen molar-refractivity contribution in [2.75, 3.05) is 11.4 Å². The highest BCUT2D eigenvalue weighted by atomic mass is 32.3. The van der Waals surface area contributed by atoms with Gasteiger partial charge in [-0.1, -0.05) is 6.07 Å². The largest absolute Gasteiger partial charge is 0.361 e. The number of rotatable bonds is 2. The molecule has 1 amide bonds. The third kappa shape index (κ3) is 1.99. The van der Waals surface area contributed by atoms with Crippen molar-refractivity contribution >= 4 is 32.7 Å². The highest BCUT2D eigenvalue weighted by Crippen LogP contribution is 2.31. The topological polar surface area (TPSA) is 70.2 Å². The van der Waals surface area contributed by atoms with Gasteiger partial charge >= 0.3 is 10.2 Å². The Kier molecular flexibility index (Phi) is 2.60. The summed E-state index contributed by atoms with van der Waals surface area (Å²) in [4.78, 5) is 16.2. The van der Waals surface area contributed by atoms with E-state index in [1.165, 1.54) is 4.90 Å². The average Bonchev–Trinajstić information content (AvgIpc) is 2.93. The Bertz CT molecular complexity index is 753. The van der Waals surface area contributed by atoms with Gasteiger partial charge in [0, 0.05) is 30.1 Å². The number of aromatic nitrogens is 1. The van der Waals surface area contributed by atoms with E-state index < -0.39 is 15.5 Å². The second-order valence-corrected chi connectivity index (χ2v) is 6.14. The Morgan fingerprint density at radius 1 is 1.32 bits per heavy atom. The number of halogens is 1. The Labute approximate surface area is 109 Å². The van der Waals surface area contributed by atoms with E-state index >= 15 is 0 Å². The molecule has 1 aliphatic heterocycles. The molecule has 0 saturated carbocycles. The van der Waals surface area contributed by atoms with E-state index in [1.54, 1.807) is 24.4 Å². The summed E-state index contributed by atoms with van der Waals surface area (Å²) in [6, 6.07) is 7.14. The highest BCUT2D eigenvalue weighted by Gasteiger charge is 2.39. The van der Waals surface area contributed by atoms with Crippen LogP contribution in [0.25, 0.3) is 10.9 Å². The Balaban J connectivity index is 2.04. The van der Waals surface area contributed by atoms with E-state index in [-0.39, 0.29) is 18.9 Å². The van der Waals surface area contributed by atoms with Gasteiger partial charge in [-0.25, -0.2) is 0 Å². The van der Waals surface area contributed by atoms with Crippen LogP contribution < -0.4 is 4.90 Å². The Hall–Kier alpha value is -1.89. The number of hydrogen-bond donors (Lipinski definition) is 1. The van der Waals surface area contributed by atoms with Gasteiger partial charge in [-0.2, -0.15) is 8.42 Å². The van der Waals surface area contributed by atoms with Crippen molar-refractivity contribution in [2.24, 2.45) is 0 Å². The molecule has 0 bridgehead atoms. The number of aromatic amines is 1. The number of nitrogens with one attached hydrogen (secondary N) is 1. The van der Waals surface area contributed by atoms with E-state index in [0.717, 1.165) is 10.9 Å². The normalized spacial score (nSPS) is 20.4. The van der Waals surface area contributed by atoms with Crippen molar-refractivity contribution in [1.82, 2.24) is 4.98 Å². The molecule has 0 spiro atoms. The van der Waals surface area contributed by atoms with Crippen molar-refractivity contribution < 1.29 is 17.1 Å². The van der Waals surface area contributed by atoms with Crippen LogP contribution in [0.2, 0.25) is 0 Å². The molecule has 1 unspecified atom stereocenters. The van der Waals surface area contributed by atoms with E-state index in [2.05, 4.69) is 4.98 Å². The molecule has 1 aromatic carbocycles. The van der Waals surface area contributed by atoms with Crippen molar-refractivity contribution in [3.63, 3.8) is 0 Å². The van der Waals surface area contributed by atoms with Crippen LogP contribution in [0.15, 0.2) is 30.5 Å². The third-order valence-corrected chi connectivity index (χ3v) is 4.46. The van der Waals surface area contributed by atoms with Gasteiger partial charge in [-0.15, -0.1) is 3.89 Å². The molecule has 5 nitrogen and oxygen atoms in total. The first kappa shape index (κ1) is 12.2. The fourth-order valence-corrected chi connectivity index (χ4v) is 3.07. The van der Waals surface area contributed by atoms with Gasteiger partial charge in [0.2, 0.25) is 5.91 Å². The summed E-state index contributed by atoms with van der Waals surface area (Å²) >= 11 is 0. The Morgan fingerprint density at radius 3 is 2.79 bits per heavy atom. The fraction of sp³-hybridized carbons (Fsp3) is 0.250. The van der Waals surface area contributed by atoms with Crippen molar-refractivity contribution in [1.29, 1.82) is 0 Å². The molecule has 100 valence electrons. The molecule has 1 aliphatic rings. The van der Waals surface area contributed by atoms with Crippen LogP contribution in [-0.4, -0.2) is 31.1 Å². The lowest BCUT2D eigenvalue weighted by Gasteiger charge is -2.17. The molecule has 19 heavy (non-hydrogen) atoms. The van der Waals surface area contributed by atoms with Gasteiger partial charge in [0.25, 0.3) is 0 Å². The number of fused-ring (bicyclic) bond motifs is 1. The number of carbonyl (C=O) groups excluding carboxylic acids is 1. The molecule has 1 aromatic heterocycles. The molecule has 2 aromatic rings. The summed E-state index contributed by atoms with van der Waals surface area (Å²) < 4.78 is 34.8. The summed E-state index contributed by atoms with van der Waals surface area (Å²) in [6.45, 7) is -0.137. The van der Waals surface area contributed by atoms with E-state index in [4.69, 9.17) is 0 Å². The van der Waals surface area contributed by atoms with Crippen molar-refractivity contribution in [2.45, 2.75) is 11.7 Å². The van der Waals surface area contributed by atoms with Crippen LogP contribution in [0.5, 0.6) is 0 Å². The van der Waals surface area contributed by atoms with Gasteiger partial charge in [-0.05, 0) is 18.2 Å². The lowest BCUT2D eigenvalue weighted by atomic mass is 10.2. The Morgan fingerprint density at radius 2 is 2.11 bits per heavy atom. The summed E-state index contributed by atoms with van der Waals surface area (Å²) in [6.07, 6.45) is 1.43. The molecule has 1 saturated heterocycles. The summed E-state index contributed by atoms with van der Waals surface area (Å²) in [5, 5.41) is -0.457. The molecule has 1 N–H and O–H groups in total. The van der Waals surface area contributed by atoms with Gasteiger partial charge < -0.3 is 9.88 Å². The number of hydrogen-bond acceptors (Lipinski definition) is 3. The quantitative estimate of drug-likeness (QED) is 0.850. The van der Waals surface area contributed by atoms with Crippen LogP contribution in [0, 0.1) is 0 Å². The smallest absolute Gasteiger partial charge is 0.307 e. The third-order valence-electron chi connectivity index (χ3n) is 3.35. The molecular weight excluding hydrogens is 271 g/mol. The summed E-state index contributed by atoms with van der Waals surface area (Å²) in [5.74, 6) is -0.375. The lowest BCUT2D eigenvalue weighted by Crippen LogP contribution is -2.26. The van der Waals surface area contributed by atoms with Crippen molar-refractivity contribution in [3.05, 3.63) is 30.5 Å². The van der Waals surface area contributed by atoms with Crippen LogP contribution >= 0.6 is 0 Å². The fourth-order valence-electron chi connectivity index (χ4n) is 2.40. The van der Waals surface area contributed by atoms with Crippen molar-refractivity contribution in [3.8, 4) is 0 Å². The minimum absolute atomic E-state index is 0.137. The molecule has 7 heteroatoms. The zero-order valence-electron chi connectivity index (χ0n) is 9.84. The lowest BCUT2D eigenvalue weighted by molar-refractivity contribution is -0.117. The second-order valence-electron chi connectivity index (χ2n) is 4.52. The summed E-state index contributed by atoms with van der Waals surface area (Å²) in [7, 11) is -4.69. The van der Waals surface area contributed by atoms with E-state index in [9.17, 15) is 17.1 Å². The number of amides is 1. The maximum atomic E-state index is 13.0. The maximum Gasteiger partial charge on any atom is 0.307 e. The SMILES string of the molecule is O=C1CC(S(=O)(=O)F)CN1c1cccc2[nH]ccc12. The average molecular weight is 282 g/mol. The maximum absolute atomic E-state index is 13.0. The van der Waals surface area contributed by atoms with E-state index in [1.807, 2.05) is 6.07 Å². The monoisotopic (exact) mass is 282 g/mol. The minimum Gasteiger partial charge on any atom is -0.361 e. The zero-order valence-corrected chi connectivity index (χ0v) is 10.7. The highest BCUT2D eigenvalue weighted by molar-refractivity contribution is 7.87. The molecule has 3 rings (SSSR count). The number of nitrogens with zero attached hydrogens (tertiary/aromatic N) is 1. The standard InChI is InChI=1S/C12H11FN2O3S/c13-19(17,18)8-6-12(16)15(7-8)11-3-1-2-10-9(11)4-5-14-10/h1-5,8,14H,6-7H2. The molecule has 1 atom stereocenters. The minimum atomic E-state index is -4.69. The van der Waals surface area contributed by atoms with E-state index in [0.29, 0.717) is 5.69 Å². The second kappa shape index (κ2) is 4.06. The number of carbonyl (C=O) groups is 1. The molecule has 0 aliphatic carbocycles. The molecular formula is C12H11FN2O3S. The first-order valence-electron chi connectivity index (χ1n) is 5.77. The zero-order chi connectivity index (χ0) is 13.6. The molecule has 0 radical (unpaired) electrons. The van der Waals surface area contributed by atoms with Gasteiger partial charge in [0.05, 0.1) is 5.69 Å².